The summed E-state index contributed by atoms with van der Waals surface area (Å²) in [4.78, 5) is 8.38. The van der Waals surface area contributed by atoms with Crippen LogP contribution in [0.1, 0.15) is 39.5 Å². The van der Waals surface area contributed by atoms with Crippen molar-refractivity contribution in [3.05, 3.63) is 10.8 Å². The Balaban J connectivity index is 2.55. The summed E-state index contributed by atoms with van der Waals surface area (Å²) >= 11 is 3.50. The fourth-order valence-electron chi connectivity index (χ4n) is 1.65. The van der Waals surface area contributed by atoms with Crippen LogP contribution in [0.2, 0.25) is 0 Å². The minimum absolute atomic E-state index is 0.428. The number of anilines is 2. The van der Waals surface area contributed by atoms with Gasteiger partial charge >= 0.3 is 0 Å². The Morgan fingerprint density at radius 3 is 2.65 bits per heavy atom. The smallest absolute Gasteiger partial charge is 0.146 e. The average molecular weight is 301 g/mol. The van der Waals surface area contributed by atoms with Crippen LogP contribution in [-0.4, -0.2) is 23.1 Å². The highest BCUT2D eigenvalue weighted by Gasteiger charge is 2.09. The number of unbranched alkanes of at least 4 members (excludes halogenated alkanes) is 2. The zero-order valence-electron chi connectivity index (χ0n) is 10.8. The highest BCUT2D eigenvalue weighted by atomic mass is 79.9. The molecule has 2 N–H and O–H groups in total. The second-order valence-electron chi connectivity index (χ2n) is 4.18. The third kappa shape index (κ3) is 4.50. The maximum atomic E-state index is 4.25. The number of nitrogens with zero attached hydrogens (tertiary/aromatic N) is 2. The van der Waals surface area contributed by atoms with E-state index in [2.05, 4.69) is 50.4 Å². The van der Waals surface area contributed by atoms with Crippen molar-refractivity contribution < 1.29 is 0 Å². The van der Waals surface area contributed by atoms with E-state index in [0.717, 1.165) is 16.1 Å². The molecule has 1 atom stereocenters. The normalized spacial score (nSPS) is 12.2. The lowest BCUT2D eigenvalue weighted by molar-refractivity contribution is 0.613. The van der Waals surface area contributed by atoms with Crippen LogP contribution in [0, 0.1) is 0 Å². The monoisotopic (exact) mass is 300 g/mol. The van der Waals surface area contributed by atoms with Gasteiger partial charge < -0.3 is 10.6 Å². The highest BCUT2D eigenvalue weighted by molar-refractivity contribution is 9.10. The summed E-state index contributed by atoms with van der Waals surface area (Å²) in [6, 6.07) is 0.428. The molecule has 0 saturated heterocycles. The van der Waals surface area contributed by atoms with E-state index in [1.165, 1.54) is 25.7 Å². The Labute approximate surface area is 112 Å². The second kappa shape index (κ2) is 7.48. The van der Waals surface area contributed by atoms with Crippen LogP contribution in [0.3, 0.4) is 0 Å². The van der Waals surface area contributed by atoms with E-state index in [9.17, 15) is 0 Å². The molecule has 0 bridgehead atoms. The molecular weight excluding hydrogens is 280 g/mol. The summed E-state index contributed by atoms with van der Waals surface area (Å²) in [5, 5.41) is 6.43. The molecule has 1 aromatic rings. The number of rotatable bonds is 7. The molecule has 0 aliphatic rings. The molecule has 1 aromatic heterocycles. The van der Waals surface area contributed by atoms with Crippen LogP contribution in [0.15, 0.2) is 10.8 Å². The molecule has 17 heavy (non-hydrogen) atoms. The van der Waals surface area contributed by atoms with Crippen LogP contribution >= 0.6 is 15.9 Å². The third-order valence-electron chi connectivity index (χ3n) is 2.65. The van der Waals surface area contributed by atoms with E-state index >= 15 is 0 Å². The van der Waals surface area contributed by atoms with Gasteiger partial charge in [-0.1, -0.05) is 26.2 Å². The molecule has 1 rings (SSSR count). The van der Waals surface area contributed by atoms with Gasteiger partial charge in [0.2, 0.25) is 0 Å². The van der Waals surface area contributed by atoms with Crippen molar-refractivity contribution in [1.29, 1.82) is 0 Å². The molecule has 1 heterocycles. The lowest BCUT2D eigenvalue weighted by atomic mass is 10.1. The summed E-state index contributed by atoms with van der Waals surface area (Å²) < 4.78 is 0.893. The zero-order valence-corrected chi connectivity index (χ0v) is 12.3. The average Bonchev–Trinajstić information content (AvgIpc) is 2.32. The molecule has 1 unspecified atom stereocenters. The first-order valence-electron chi connectivity index (χ1n) is 6.13. The summed E-state index contributed by atoms with van der Waals surface area (Å²) in [5.74, 6) is 1.66. The van der Waals surface area contributed by atoms with Gasteiger partial charge in [-0.05, 0) is 29.3 Å². The van der Waals surface area contributed by atoms with Gasteiger partial charge in [0.15, 0.2) is 0 Å². The Bertz CT molecular complexity index is 343. The fraction of sp³-hybridized carbons (Fsp3) is 0.667. The van der Waals surface area contributed by atoms with Gasteiger partial charge in [0.05, 0.1) is 0 Å². The quantitative estimate of drug-likeness (QED) is 0.755. The number of hydrogen-bond donors (Lipinski definition) is 2. The summed E-state index contributed by atoms with van der Waals surface area (Å²) in [5.41, 5.74) is 0. The van der Waals surface area contributed by atoms with Gasteiger partial charge in [0.1, 0.15) is 22.4 Å². The van der Waals surface area contributed by atoms with E-state index in [-0.39, 0.29) is 0 Å². The molecule has 0 radical (unpaired) electrons. The Kier molecular flexibility index (Phi) is 6.26. The minimum atomic E-state index is 0.428. The maximum absolute atomic E-state index is 4.25. The maximum Gasteiger partial charge on any atom is 0.146 e. The number of hydrogen-bond acceptors (Lipinski definition) is 4. The Morgan fingerprint density at radius 2 is 2.00 bits per heavy atom. The van der Waals surface area contributed by atoms with Gasteiger partial charge in [0, 0.05) is 13.1 Å². The number of aromatic nitrogens is 2. The van der Waals surface area contributed by atoms with Crippen molar-refractivity contribution in [2.45, 2.75) is 45.6 Å². The molecule has 0 aliphatic heterocycles. The van der Waals surface area contributed by atoms with Gasteiger partial charge in [-0.25, -0.2) is 9.97 Å². The predicted octanol–water partition coefficient (Wildman–Crippen LogP) is 3.66. The first-order chi connectivity index (χ1) is 8.19. The van der Waals surface area contributed by atoms with Crippen LogP contribution in [0.5, 0.6) is 0 Å². The zero-order chi connectivity index (χ0) is 12.7. The van der Waals surface area contributed by atoms with Gasteiger partial charge in [-0.3, -0.25) is 0 Å². The molecule has 0 amide bonds. The van der Waals surface area contributed by atoms with Crippen LogP contribution in [-0.2, 0) is 0 Å². The van der Waals surface area contributed by atoms with Crippen molar-refractivity contribution in [3.63, 3.8) is 0 Å². The molecular formula is C12H21BrN4. The van der Waals surface area contributed by atoms with Crippen molar-refractivity contribution in [3.8, 4) is 0 Å². The molecule has 0 spiro atoms. The second-order valence-corrected chi connectivity index (χ2v) is 4.97. The summed E-state index contributed by atoms with van der Waals surface area (Å²) in [7, 11) is 1.85. The van der Waals surface area contributed by atoms with Crippen molar-refractivity contribution in [1.82, 2.24) is 9.97 Å². The van der Waals surface area contributed by atoms with E-state index < -0.39 is 0 Å². The fourth-order valence-corrected chi connectivity index (χ4v) is 2.17. The summed E-state index contributed by atoms with van der Waals surface area (Å²) in [6.45, 7) is 4.40. The van der Waals surface area contributed by atoms with Crippen LogP contribution in [0.4, 0.5) is 11.6 Å². The predicted molar refractivity (Wildman–Crippen MR) is 76.5 cm³/mol. The van der Waals surface area contributed by atoms with E-state index in [4.69, 9.17) is 0 Å². The number of nitrogens with one attached hydrogen (secondary N) is 2. The molecule has 96 valence electrons. The van der Waals surface area contributed by atoms with E-state index in [1.807, 2.05) is 7.05 Å². The third-order valence-corrected chi connectivity index (χ3v) is 3.40. The van der Waals surface area contributed by atoms with Crippen molar-refractivity contribution >= 4 is 27.6 Å². The molecule has 0 aromatic carbocycles. The Morgan fingerprint density at radius 1 is 1.29 bits per heavy atom. The molecule has 5 heteroatoms. The highest BCUT2D eigenvalue weighted by Crippen LogP contribution is 2.26. The van der Waals surface area contributed by atoms with E-state index in [1.54, 1.807) is 6.33 Å². The van der Waals surface area contributed by atoms with Crippen molar-refractivity contribution in [2.24, 2.45) is 0 Å². The topological polar surface area (TPSA) is 49.8 Å². The Hall–Kier alpha value is -0.840. The van der Waals surface area contributed by atoms with Crippen LogP contribution in [0.25, 0.3) is 0 Å². The lowest BCUT2D eigenvalue weighted by Crippen LogP contribution is -2.16. The van der Waals surface area contributed by atoms with Gasteiger partial charge in [-0.2, -0.15) is 0 Å². The SMILES string of the molecule is CCCCCC(C)Nc1ncnc(NC)c1Br. The molecule has 0 aliphatic carbocycles. The summed E-state index contributed by atoms with van der Waals surface area (Å²) in [6.07, 6.45) is 6.54. The van der Waals surface area contributed by atoms with Crippen LogP contribution < -0.4 is 10.6 Å². The minimum Gasteiger partial charge on any atom is -0.372 e. The van der Waals surface area contributed by atoms with E-state index in [0.29, 0.717) is 6.04 Å². The van der Waals surface area contributed by atoms with Crippen molar-refractivity contribution in [2.75, 3.05) is 17.7 Å². The van der Waals surface area contributed by atoms with Gasteiger partial charge in [-0.15, -0.1) is 0 Å². The molecule has 0 fully saturated rings. The molecule has 4 nitrogen and oxygen atoms in total. The van der Waals surface area contributed by atoms with Gasteiger partial charge in [0.25, 0.3) is 0 Å². The molecule has 0 saturated carbocycles. The number of halogens is 1. The standard InChI is InChI=1S/C12H21BrN4/c1-4-5-6-7-9(2)17-12-10(13)11(14-3)15-8-16-12/h8-9H,4-7H2,1-3H3,(H2,14,15,16,17). The largest absolute Gasteiger partial charge is 0.372 e. The first-order valence-corrected chi connectivity index (χ1v) is 6.93. The lowest BCUT2D eigenvalue weighted by Gasteiger charge is -2.16. The first kappa shape index (κ1) is 14.2.